The first-order valence-corrected chi connectivity index (χ1v) is 11.1. The van der Waals surface area contributed by atoms with Crippen molar-refractivity contribution in [2.75, 3.05) is 0 Å². The van der Waals surface area contributed by atoms with Crippen LogP contribution in [0.4, 0.5) is 4.39 Å². The molecule has 0 amide bonds. The van der Waals surface area contributed by atoms with Crippen LogP contribution in [0.5, 0.6) is 0 Å². The van der Waals surface area contributed by atoms with Gasteiger partial charge < -0.3 is 9.55 Å². The quantitative estimate of drug-likeness (QED) is 0.409. The fourth-order valence-electron chi connectivity index (χ4n) is 4.34. The van der Waals surface area contributed by atoms with Crippen LogP contribution >= 0.6 is 0 Å². The summed E-state index contributed by atoms with van der Waals surface area (Å²) in [5, 5.41) is 0. The number of hydrogen-bond donors (Lipinski definition) is 1. The zero-order chi connectivity index (χ0) is 22.9. The number of imidazole rings is 1. The van der Waals surface area contributed by atoms with Gasteiger partial charge in [0.05, 0.1) is 11.4 Å². The smallest absolute Gasteiger partial charge is 0.278 e. The molecule has 1 N–H and O–H groups in total. The molecule has 166 valence electrons. The van der Waals surface area contributed by atoms with E-state index in [0.29, 0.717) is 24.4 Å². The van der Waals surface area contributed by atoms with E-state index in [2.05, 4.69) is 28.6 Å². The molecule has 3 heterocycles. The third-order valence-electron chi connectivity index (χ3n) is 6.14. The zero-order valence-corrected chi connectivity index (χ0v) is 18.7. The Morgan fingerprint density at radius 2 is 1.76 bits per heavy atom. The Balaban J connectivity index is 1.64. The molecule has 5 nitrogen and oxygen atoms in total. The van der Waals surface area contributed by atoms with Crippen LogP contribution in [-0.2, 0) is 26.3 Å². The summed E-state index contributed by atoms with van der Waals surface area (Å²) in [6.07, 6.45) is 3.62. The summed E-state index contributed by atoms with van der Waals surface area (Å²) in [4.78, 5) is 21.6. The fraction of sp³-hybridized carbons (Fsp3) is 0.185. The minimum Gasteiger partial charge on any atom is -0.354 e. The predicted molar refractivity (Wildman–Crippen MR) is 128 cm³/mol. The third-order valence-corrected chi connectivity index (χ3v) is 6.14. The Bertz CT molecular complexity index is 1440. The predicted octanol–water partition coefficient (Wildman–Crippen LogP) is 4.89. The van der Waals surface area contributed by atoms with Crippen molar-refractivity contribution in [2.24, 2.45) is 7.05 Å². The Morgan fingerprint density at radius 3 is 2.48 bits per heavy atom. The number of benzene rings is 2. The summed E-state index contributed by atoms with van der Waals surface area (Å²) >= 11 is 0. The van der Waals surface area contributed by atoms with E-state index < -0.39 is 0 Å². The number of nitrogens with zero attached hydrogens (tertiary/aromatic N) is 3. The average Bonchev–Trinajstić information content (AvgIpc) is 3.34. The van der Waals surface area contributed by atoms with Crippen molar-refractivity contribution in [3.05, 3.63) is 117 Å². The first-order chi connectivity index (χ1) is 16.0. The van der Waals surface area contributed by atoms with E-state index in [0.717, 1.165) is 34.6 Å². The van der Waals surface area contributed by atoms with Crippen LogP contribution in [0.1, 0.15) is 35.3 Å². The number of nitrogens with one attached hydrogen (secondary N) is 1. The van der Waals surface area contributed by atoms with E-state index in [-0.39, 0.29) is 11.4 Å². The lowest BCUT2D eigenvalue weighted by Gasteiger charge is -2.13. The maximum absolute atomic E-state index is 13.8. The molecule has 0 saturated carbocycles. The van der Waals surface area contributed by atoms with Gasteiger partial charge >= 0.3 is 0 Å². The highest BCUT2D eigenvalue weighted by Gasteiger charge is 2.21. The standard InChI is InChI=1S/C27H25FN4O/c1-3-21-12-13-22(31(21)2)16-24-27(33)32-17-25(19-9-5-4-6-10-19)29-23(26(32)30-24)15-18-8-7-11-20(28)14-18/h4-14,17,29H,3,15-16H2,1-2H3. The van der Waals surface area contributed by atoms with Crippen LogP contribution in [0.15, 0.2) is 77.7 Å². The molecule has 0 unspecified atom stereocenters. The van der Waals surface area contributed by atoms with E-state index in [1.165, 1.54) is 17.8 Å². The number of rotatable bonds is 6. The Morgan fingerprint density at radius 1 is 0.970 bits per heavy atom. The molecule has 1 aromatic heterocycles. The molecule has 33 heavy (non-hydrogen) atoms. The number of hydrogen-bond acceptors (Lipinski definition) is 2. The number of fused-ring (bicyclic) bond motifs is 1. The van der Waals surface area contributed by atoms with Gasteiger partial charge in [-0.2, -0.15) is 0 Å². The van der Waals surface area contributed by atoms with E-state index in [9.17, 15) is 9.18 Å². The molecule has 0 radical (unpaired) electrons. The molecular formula is C27H25FN4O. The lowest BCUT2D eigenvalue weighted by molar-refractivity contribution is 0.626. The van der Waals surface area contributed by atoms with Gasteiger partial charge in [-0.05, 0) is 41.8 Å². The highest BCUT2D eigenvalue weighted by Crippen LogP contribution is 2.24. The fourth-order valence-corrected chi connectivity index (χ4v) is 4.34. The van der Waals surface area contributed by atoms with Gasteiger partial charge in [-0.3, -0.25) is 9.36 Å². The van der Waals surface area contributed by atoms with E-state index >= 15 is 0 Å². The van der Waals surface area contributed by atoms with E-state index in [1.807, 2.05) is 43.4 Å². The van der Waals surface area contributed by atoms with Crippen molar-refractivity contribution in [3.8, 4) is 17.1 Å². The molecule has 2 aliphatic rings. The van der Waals surface area contributed by atoms with Crippen molar-refractivity contribution in [3.63, 3.8) is 0 Å². The number of halogens is 1. The van der Waals surface area contributed by atoms with Crippen LogP contribution < -0.4 is 5.56 Å². The molecule has 0 saturated heterocycles. The summed E-state index contributed by atoms with van der Waals surface area (Å²) in [6, 6.07) is 20.5. The topological polar surface area (TPSA) is 55.6 Å². The summed E-state index contributed by atoms with van der Waals surface area (Å²) < 4.78 is 17.6. The zero-order valence-electron chi connectivity index (χ0n) is 18.7. The maximum Gasteiger partial charge on any atom is 0.278 e. The SMILES string of the molecule is CCc1ccc(Cc2nc3c(Cc4cccc(F)c4)[nH]c(-c4ccccc4)cn-3c2=O)n1C. The van der Waals surface area contributed by atoms with Crippen LogP contribution in [0.3, 0.4) is 0 Å². The van der Waals surface area contributed by atoms with Crippen molar-refractivity contribution in [1.29, 1.82) is 0 Å². The number of aryl methyl sites for hydroxylation is 1. The van der Waals surface area contributed by atoms with Crippen LogP contribution in [0.25, 0.3) is 17.1 Å². The minimum atomic E-state index is -0.285. The average molecular weight is 441 g/mol. The first kappa shape index (κ1) is 20.9. The van der Waals surface area contributed by atoms with Crippen LogP contribution in [0, 0.1) is 5.82 Å². The molecule has 0 bridgehead atoms. The van der Waals surface area contributed by atoms with Crippen molar-refractivity contribution >= 4 is 0 Å². The summed E-state index contributed by atoms with van der Waals surface area (Å²) in [6.45, 7) is 2.11. The van der Waals surface area contributed by atoms with E-state index in [4.69, 9.17) is 4.98 Å². The van der Waals surface area contributed by atoms with Gasteiger partial charge in [-0.1, -0.05) is 49.4 Å². The minimum absolute atomic E-state index is 0.129. The van der Waals surface area contributed by atoms with Gasteiger partial charge in [0.15, 0.2) is 5.82 Å². The first-order valence-electron chi connectivity index (χ1n) is 11.1. The second-order valence-corrected chi connectivity index (χ2v) is 8.28. The summed E-state index contributed by atoms with van der Waals surface area (Å²) in [7, 11) is 2.02. The van der Waals surface area contributed by atoms with Gasteiger partial charge in [-0.25, -0.2) is 9.37 Å². The third kappa shape index (κ3) is 4.00. The van der Waals surface area contributed by atoms with Gasteiger partial charge in [0.1, 0.15) is 11.5 Å². The largest absolute Gasteiger partial charge is 0.354 e. The molecule has 0 spiro atoms. The number of H-pyrrole nitrogens is 1. The van der Waals surface area contributed by atoms with Gasteiger partial charge in [0.2, 0.25) is 0 Å². The van der Waals surface area contributed by atoms with Crippen molar-refractivity contribution in [1.82, 2.24) is 19.1 Å². The summed E-state index contributed by atoms with van der Waals surface area (Å²) in [5.74, 6) is 0.288. The molecule has 3 aromatic rings. The molecule has 6 heteroatoms. The van der Waals surface area contributed by atoms with Crippen molar-refractivity contribution in [2.45, 2.75) is 26.2 Å². The highest BCUT2D eigenvalue weighted by atomic mass is 19.1. The van der Waals surface area contributed by atoms with E-state index in [1.54, 1.807) is 16.8 Å². The van der Waals surface area contributed by atoms with Gasteiger partial charge in [0, 0.05) is 37.5 Å². The second kappa shape index (κ2) is 8.54. The number of aromatic nitrogens is 4. The lowest BCUT2D eigenvalue weighted by atomic mass is 10.1. The van der Waals surface area contributed by atoms with Crippen molar-refractivity contribution < 1.29 is 4.39 Å². The Hall–Kier alpha value is -3.93. The lowest BCUT2D eigenvalue weighted by Crippen LogP contribution is -2.18. The molecule has 0 atom stereocenters. The van der Waals surface area contributed by atoms with Gasteiger partial charge in [-0.15, -0.1) is 0 Å². The molecule has 0 aliphatic carbocycles. The molecule has 0 fully saturated rings. The van der Waals surface area contributed by atoms with Crippen LogP contribution in [0.2, 0.25) is 0 Å². The number of aromatic amines is 1. The Kier molecular flexibility index (Phi) is 5.42. The van der Waals surface area contributed by atoms with Gasteiger partial charge in [0.25, 0.3) is 5.56 Å². The summed E-state index contributed by atoms with van der Waals surface area (Å²) in [5.41, 5.74) is 5.98. The Labute approximate surface area is 191 Å². The molecule has 2 aliphatic heterocycles. The highest BCUT2D eigenvalue weighted by molar-refractivity contribution is 5.60. The molecular weight excluding hydrogens is 415 g/mol. The maximum atomic E-state index is 13.8. The molecule has 2 aromatic carbocycles. The van der Waals surface area contributed by atoms with Crippen LogP contribution in [-0.4, -0.2) is 19.1 Å². The normalized spacial score (nSPS) is 11.4. The molecule has 5 rings (SSSR count). The second-order valence-electron chi connectivity index (χ2n) is 8.28. The monoisotopic (exact) mass is 440 g/mol.